The number of hydrogen-bond acceptors (Lipinski definition) is 6. The Morgan fingerprint density at radius 3 is 2.29 bits per heavy atom. The Bertz CT molecular complexity index is 1420. The van der Waals surface area contributed by atoms with Crippen molar-refractivity contribution in [2.45, 2.75) is 53.1 Å². The number of aryl methyl sites for hydroxylation is 1. The molecule has 4 rings (SSSR count). The molecule has 0 saturated carbocycles. The standard InChI is InChI=1S/C30H33N5O3/c1-6-28(36)31-24-14-12-23(13-15-24)25-18-22(17-21-10-8-7-9-11-21)19-26(32-25)33-27-16-20(2)35(34-27)29(37)38-30(3,4)5/h7-16,18-19H,6,17H2,1-5H3,(H,31,36)(H,32,33,34). The number of anilines is 3. The molecule has 2 N–H and O–H groups in total. The lowest BCUT2D eigenvalue weighted by Crippen LogP contribution is -2.28. The average molecular weight is 512 g/mol. The summed E-state index contributed by atoms with van der Waals surface area (Å²) in [5, 5.41) is 10.5. The van der Waals surface area contributed by atoms with E-state index in [4.69, 9.17) is 9.72 Å². The smallest absolute Gasteiger partial charge is 0.435 e. The van der Waals surface area contributed by atoms with Gasteiger partial charge in [-0.1, -0.05) is 49.4 Å². The van der Waals surface area contributed by atoms with Crippen LogP contribution in [0.15, 0.2) is 72.8 Å². The molecule has 8 heteroatoms. The second-order valence-electron chi connectivity index (χ2n) is 10.1. The minimum Gasteiger partial charge on any atom is -0.442 e. The first-order valence-corrected chi connectivity index (χ1v) is 12.6. The largest absolute Gasteiger partial charge is 0.442 e. The fourth-order valence-corrected chi connectivity index (χ4v) is 3.86. The molecule has 196 valence electrons. The molecule has 1 amide bonds. The molecule has 0 aliphatic heterocycles. The van der Waals surface area contributed by atoms with Gasteiger partial charge < -0.3 is 15.4 Å². The fraction of sp³-hybridized carbons (Fsp3) is 0.267. The number of benzene rings is 2. The van der Waals surface area contributed by atoms with E-state index in [9.17, 15) is 9.59 Å². The van der Waals surface area contributed by atoms with Crippen molar-refractivity contribution in [3.05, 3.63) is 89.6 Å². The molecule has 0 fully saturated rings. The zero-order chi connectivity index (χ0) is 27.3. The van der Waals surface area contributed by atoms with Crippen molar-refractivity contribution >= 4 is 29.3 Å². The van der Waals surface area contributed by atoms with Crippen LogP contribution in [0.5, 0.6) is 0 Å². The zero-order valence-corrected chi connectivity index (χ0v) is 22.4. The van der Waals surface area contributed by atoms with Crippen LogP contribution in [-0.4, -0.2) is 32.4 Å². The van der Waals surface area contributed by atoms with Crippen LogP contribution in [0.3, 0.4) is 0 Å². The lowest BCUT2D eigenvalue weighted by Gasteiger charge is -2.19. The number of aromatic nitrogens is 3. The van der Waals surface area contributed by atoms with Crippen LogP contribution in [0.2, 0.25) is 0 Å². The van der Waals surface area contributed by atoms with Crippen LogP contribution in [0.25, 0.3) is 11.3 Å². The first-order valence-electron chi connectivity index (χ1n) is 12.6. The average Bonchev–Trinajstić information content (AvgIpc) is 3.23. The molecule has 2 aromatic heterocycles. The van der Waals surface area contributed by atoms with E-state index in [0.717, 1.165) is 28.9 Å². The van der Waals surface area contributed by atoms with E-state index in [-0.39, 0.29) is 5.91 Å². The van der Waals surface area contributed by atoms with Crippen LogP contribution in [-0.2, 0) is 16.0 Å². The fourth-order valence-electron chi connectivity index (χ4n) is 3.86. The molecule has 0 atom stereocenters. The second-order valence-corrected chi connectivity index (χ2v) is 10.1. The molecule has 8 nitrogen and oxygen atoms in total. The van der Waals surface area contributed by atoms with Crippen LogP contribution in [0.1, 0.15) is 50.9 Å². The Balaban J connectivity index is 1.64. The summed E-state index contributed by atoms with van der Waals surface area (Å²) in [6, 6.07) is 23.6. The van der Waals surface area contributed by atoms with Gasteiger partial charge in [0.25, 0.3) is 0 Å². The van der Waals surface area contributed by atoms with Crippen molar-refractivity contribution in [2.75, 3.05) is 10.6 Å². The van der Waals surface area contributed by atoms with Gasteiger partial charge in [0.15, 0.2) is 5.82 Å². The summed E-state index contributed by atoms with van der Waals surface area (Å²) in [5.41, 5.74) is 4.69. The number of hydrogen-bond donors (Lipinski definition) is 2. The van der Waals surface area contributed by atoms with E-state index >= 15 is 0 Å². The van der Waals surface area contributed by atoms with Gasteiger partial charge in [0.2, 0.25) is 5.91 Å². The third kappa shape index (κ3) is 7.06. The van der Waals surface area contributed by atoms with Gasteiger partial charge in [-0.2, -0.15) is 4.68 Å². The SMILES string of the molecule is CCC(=O)Nc1ccc(-c2cc(Cc3ccccc3)cc(Nc3cc(C)n(C(=O)OC(C)(C)C)n3)n2)cc1. The number of carbonyl (C=O) groups is 2. The van der Waals surface area contributed by atoms with E-state index in [2.05, 4.69) is 33.9 Å². The molecule has 0 saturated heterocycles. The van der Waals surface area contributed by atoms with E-state index in [0.29, 0.717) is 23.8 Å². The maximum Gasteiger partial charge on any atom is 0.435 e. The van der Waals surface area contributed by atoms with Gasteiger partial charge in [0.1, 0.15) is 11.4 Å². The highest BCUT2D eigenvalue weighted by Crippen LogP contribution is 2.26. The highest BCUT2D eigenvalue weighted by atomic mass is 16.6. The van der Waals surface area contributed by atoms with Crippen molar-refractivity contribution in [3.63, 3.8) is 0 Å². The molecule has 0 radical (unpaired) electrons. The minimum absolute atomic E-state index is 0.0340. The topological polar surface area (TPSA) is 98.1 Å². The first-order chi connectivity index (χ1) is 18.1. The van der Waals surface area contributed by atoms with Crippen molar-refractivity contribution in [1.29, 1.82) is 0 Å². The Morgan fingerprint density at radius 1 is 0.921 bits per heavy atom. The summed E-state index contributed by atoms with van der Waals surface area (Å²) in [5.74, 6) is 1.06. The summed E-state index contributed by atoms with van der Waals surface area (Å²) in [6.07, 6.45) is 0.606. The zero-order valence-electron chi connectivity index (χ0n) is 22.4. The molecule has 0 aliphatic carbocycles. The Kier molecular flexibility index (Phi) is 7.90. The molecular weight excluding hydrogens is 478 g/mol. The number of nitrogens with zero attached hydrogens (tertiary/aromatic N) is 3. The van der Waals surface area contributed by atoms with Crippen LogP contribution < -0.4 is 10.6 Å². The van der Waals surface area contributed by atoms with Crippen LogP contribution in [0.4, 0.5) is 22.1 Å². The molecule has 2 heterocycles. The lowest BCUT2D eigenvalue weighted by atomic mass is 10.0. The Morgan fingerprint density at radius 2 is 1.63 bits per heavy atom. The minimum atomic E-state index is -0.625. The van der Waals surface area contributed by atoms with Crippen molar-refractivity contribution in [2.24, 2.45) is 0 Å². The van der Waals surface area contributed by atoms with Gasteiger partial charge in [0.05, 0.1) is 5.69 Å². The number of amides is 1. The Labute approximate surface area is 223 Å². The van der Waals surface area contributed by atoms with Crippen molar-refractivity contribution in [1.82, 2.24) is 14.8 Å². The summed E-state index contributed by atoms with van der Waals surface area (Å²) >= 11 is 0. The highest BCUT2D eigenvalue weighted by Gasteiger charge is 2.20. The van der Waals surface area contributed by atoms with Gasteiger partial charge >= 0.3 is 6.09 Å². The molecule has 2 aromatic carbocycles. The molecule has 0 bridgehead atoms. The molecule has 0 spiro atoms. The molecule has 0 aliphatic rings. The second kappa shape index (κ2) is 11.3. The van der Waals surface area contributed by atoms with E-state index in [1.807, 2.05) is 76.2 Å². The lowest BCUT2D eigenvalue weighted by molar-refractivity contribution is -0.115. The van der Waals surface area contributed by atoms with Crippen LogP contribution in [0, 0.1) is 6.92 Å². The van der Waals surface area contributed by atoms with Crippen LogP contribution >= 0.6 is 0 Å². The van der Waals surface area contributed by atoms with Gasteiger partial charge in [-0.25, -0.2) is 9.78 Å². The van der Waals surface area contributed by atoms with E-state index < -0.39 is 11.7 Å². The summed E-state index contributed by atoms with van der Waals surface area (Å²) in [6.45, 7) is 9.06. The summed E-state index contributed by atoms with van der Waals surface area (Å²) in [7, 11) is 0. The maximum atomic E-state index is 12.6. The van der Waals surface area contributed by atoms with Crippen molar-refractivity contribution < 1.29 is 14.3 Å². The number of rotatable bonds is 7. The molecular formula is C30H33N5O3. The first kappa shape index (κ1) is 26.6. The summed E-state index contributed by atoms with van der Waals surface area (Å²) < 4.78 is 6.70. The van der Waals surface area contributed by atoms with E-state index in [1.54, 1.807) is 13.0 Å². The molecule has 0 unspecified atom stereocenters. The number of pyridine rings is 1. The quantitative estimate of drug-likeness (QED) is 0.286. The highest BCUT2D eigenvalue weighted by molar-refractivity contribution is 5.90. The molecule has 38 heavy (non-hydrogen) atoms. The third-order valence-electron chi connectivity index (χ3n) is 5.63. The normalized spacial score (nSPS) is 11.2. The number of ether oxygens (including phenoxy) is 1. The van der Waals surface area contributed by atoms with Gasteiger partial charge in [-0.05, 0) is 69.5 Å². The predicted octanol–water partition coefficient (Wildman–Crippen LogP) is 6.72. The summed E-state index contributed by atoms with van der Waals surface area (Å²) in [4.78, 5) is 29.1. The van der Waals surface area contributed by atoms with E-state index in [1.165, 1.54) is 10.2 Å². The van der Waals surface area contributed by atoms with Gasteiger partial charge in [-0.3, -0.25) is 4.79 Å². The van der Waals surface area contributed by atoms with Crippen molar-refractivity contribution in [3.8, 4) is 11.3 Å². The monoisotopic (exact) mass is 511 g/mol. The van der Waals surface area contributed by atoms with Gasteiger partial charge in [-0.15, -0.1) is 5.10 Å². The third-order valence-corrected chi connectivity index (χ3v) is 5.63. The molecule has 4 aromatic rings. The number of carbonyl (C=O) groups excluding carboxylic acids is 2. The van der Waals surface area contributed by atoms with Gasteiger partial charge in [0, 0.05) is 29.4 Å². The maximum absolute atomic E-state index is 12.6. The predicted molar refractivity (Wildman–Crippen MR) is 150 cm³/mol. The number of nitrogens with one attached hydrogen (secondary N) is 2. The Hall–Kier alpha value is -4.46.